The van der Waals surface area contributed by atoms with Gasteiger partial charge in [-0.05, 0) is 11.6 Å². The minimum Gasteiger partial charge on any atom is -0.389 e. The summed E-state index contributed by atoms with van der Waals surface area (Å²) in [5.74, 6) is 0.772. The molecule has 1 unspecified atom stereocenters. The molecule has 0 bridgehead atoms. The van der Waals surface area contributed by atoms with Gasteiger partial charge in [0.15, 0.2) is 5.82 Å². The van der Waals surface area contributed by atoms with Gasteiger partial charge in [-0.2, -0.15) is 5.10 Å². The number of hydrogen-bond acceptors (Lipinski definition) is 5. The van der Waals surface area contributed by atoms with Crippen LogP contribution in [0.15, 0.2) is 48.8 Å². The first-order valence-corrected chi connectivity index (χ1v) is 8.88. The Morgan fingerprint density at radius 3 is 3.00 bits per heavy atom. The Kier molecular flexibility index (Phi) is 5.10. The molecule has 2 aromatic heterocycles. The van der Waals surface area contributed by atoms with Crippen LogP contribution in [-0.2, 0) is 31.0 Å². The predicted octanol–water partition coefficient (Wildman–Crippen LogP) is 1.43. The molecule has 0 amide bonds. The Morgan fingerprint density at radius 2 is 2.15 bits per heavy atom. The maximum Gasteiger partial charge on any atom is 0.160 e. The summed E-state index contributed by atoms with van der Waals surface area (Å²) in [6.07, 6.45) is 3.00. The van der Waals surface area contributed by atoms with Gasteiger partial charge in [0.2, 0.25) is 0 Å². The van der Waals surface area contributed by atoms with Gasteiger partial charge < -0.3 is 19.7 Å². The van der Waals surface area contributed by atoms with Crippen molar-refractivity contribution in [2.75, 3.05) is 13.2 Å². The molecular formula is C19H23N5O2. The maximum absolute atomic E-state index is 10.3. The van der Waals surface area contributed by atoms with Gasteiger partial charge in [-0.25, -0.2) is 4.98 Å². The molecule has 1 aliphatic rings. The number of rotatable bonds is 7. The number of benzene rings is 1. The molecular weight excluding hydrogens is 330 g/mol. The fraction of sp³-hybridized carbons (Fsp3) is 0.368. The molecule has 0 aliphatic carbocycles. The standard InChI is InChI=1S/C19H23N5O2/c25-17(14-26-13-15-4-2-1-3-5-15)12-23-8-7-21-19(23)18-10-16-11-20-6-9-24(16)22-18/h1-5,7-8,10,17,20,25H,6,9,11-14H2. The smallest absolute Gasteiger partial charge is 0.160 e. The molecule has 0 saturated carbocycles. The van der Waals surface area contributed by atoms with Crippen LogP contribution in [0, 0.1) is 0 Å². The number of aliphatic hydroxyl groups excluding tert-OH is 1. The van der Waals surface area contributed by atoms with Crippen LogP contribution in [0.3, 0.4) is 0 Å². The normalized spacial score (nSPS) is 15.0. The van der Waals surface area contributed by atoms with E-state index in [1.54, 1.807) is 6.20 Å². The van der Waals surface area contributed by atoms with Crippen LogP contribution in [0.1, 0.15) is 11.3 Å². The van der Waals surface area contributed by atoms with Gasteiger partial charge in [0.1, 0.15) is 5.69 Å². The fourth-order valence-corrected chi connectivity index (χ4v) is 3.16. The average molecular weight is 353 g/mol. The lowest BCUT2D eigenvalue weighted by Gasteiger charge is -2.14. The van der Waals surface area contributed by atoms with E-state index in [9.17, 15) is 5.11 Å². The summed E-state index contributed by atoms with van der Waals surface area (Å²) in [4.78, 5) is 4.43. The van der Waals surface area contributed by atoms with Crippen molar-refractivity contribution in [1.82, 2.24) is 24.6 Å². The number of ether oxygens (including phenoxy) is 1. The third kappa shape index (κ3) is 3.85. The van der Waals surface area contributed by atoms with Gasteiger partial charge in [0, 0.05) is 25.5 Å². The van der Waals surface area contributed by atoms with Crippen molar-refractivity contribution < 1.29 is 9.84 Å². The molecule has 3 heterocycles. The second-order valence-corrected chi connectivity index (χ2v) is 6.48. The Hall–Kier alpha value is -2.48. The van der Waals surface area contributed by atoms with Crippen LogP contribution >= 0.6 is 0 Å². The molecule has 136 valence electrons. The average Bonchev–Trinajstić information content (AvgIpc) is 3.28. The van der Waals surface area contributed by atoms with E-state index in [1.807, 2.05) is 45.8 Å². The first-order valence-electron chi connectivity index (χ1n) is 8.88. The van der Waals surface area contributed by atoms with E-state index >= 15 is 0 Å². The second kappa shape index (κ2) is 7.82. The number of imidazole rings is 1. The van der Waals surface area contributed by atoms with E-state index in [0.717, 1.165) is 42.4 Å². The predicted molar refractivity (Wildman–Crippen MR) is 97.3 cm³/mol. The minimum atomic E-state index is -0.606. The molecule has 0 spiro atoms. The van der Waals surface area contributed by atoms with Gasteiger partial charge in [-0.15, -0.1) is 0 Å². The van der Waals surface area contributed by atoms with Crippen LogP contribution in [0.25, 0.3) is 11.5 Å². The molecule has 0 radical (unpaired) electrons. The van der Waals surface area contributed by atoms with Crippen molar-refractivity contribution >= 4 is 0 Å². The summed E-state index contributed by atoms with van der Waals surface area (Å²) in [5.41, 5.74) is 3.10. The molecule has 4 rings (SSSR count). The molecule has 0 fully saturated rings. The van der Waals surface area contributed by atoms with E-state index in [-0.39, 0.29) is 6.61 Å². The first kappa shape index (κ1) is 17.0. The van der Waals surface area contributed by atoms with Crippen LogP contribution in [0.2, 0.25) is 0 Å². The van der Waals surface area contributed by atoms with E-state index in [2.05, 4.69) is 21.5 Å². The van der Waals surface area contributed by atoms with Crippen LogP contribution in [0.5, 0.6) is 0 Å². The molecule has 26 heavy (non-hydrogen) atoms. The van der Waals surface area contributed by atoms with Crippen LogP contribution in [-0.4, -0.2) is 43.7 Å². The molecule has 1 atom stereocenters. The number of nitrogens with one attached hydrogen (secondary N) is 1. The number of hydrogen-bond donors (Lipinski definition) is 2. The van der Waals surface area contributed by atoms with Crippen LogP contribution in [0.4, 0.5) is 0 Å². The van der Waals surface area contributed by atoms with Gasteiger partial charge in [0.25, 0.3) is 0 Å². The zero-order chi connectivity index (χ0) is 17.8. The SMILES string of the molecule is OC(COCc1ccccc1)Cn1ccnc1-c1cc2n(n1)CCNC2. The van der Waals surface area contributed by atoms with Crippen molar-refractivity contribution in [2.45, 2.75) is 32.3 Å². The largest absolute Gasteiger partial charge is 0.389 e. The first-order chi connectivity index (χ1) is 12.8. The quantitative estimate of drug-likeness (QED) is 0.672. The van der Waals surface area contributed by atoms with E-state index in [1.165, 1.54) is 0 Å². The Morgan fingerprint density at radius 1 is 1.27 bits per heavy atom. The van der Waals surface area contributed by atoms with E-state index < -0.39 is 6.10 Å². The summed E-state index contributed by atoms with van der Waals surface area (Å²) < 4.78 is 9.58. The molecule has 2 N–H and O–H groups in total. The number of fused-ring (bicyclic) bond motifs is 1. The minimum absolute atomic E-state index is 0.274. The van der Waals surface area contributed by atoms with Crippen molar-refractivity contribution in [2.24, 2.45) is 0 Å². The monoisotopic (exact) mass is 353 g/mol. The lowest BCUT2D eigenvalue weighted by Crippen LogP contribution is -2.28. The molecule has 7 nitrogen and oxygen atoms in total. The van der Waals surface area contributed by atoms with Crippen molar-refractivity contribution in [3.8, 4) is 11.5 Å². The van der Waals surface area contributed by atoms with Gasteiger partial charge in [0.05, 0.1) is 38.1 Å². The Balaban J connectivity index is 1.37. The highest BCUT2D eigenvalue weighted by Crippen LogP contribution is 2.19. The second-order valence-electron chi connectivity index (χ2n) is 6.48. The van der Waals surface area contributed by atoms with Crippen molar-refractivity contribution in [3.63, 3.8) is 0 Å². The highest BCUT2D eigenvalue weighted by atomic mass is 16.5. The zero-order valence-corrected chi connectivity index (χ0v) is 14.6. The molecule has 1 aliphatic heterocycles. The lowest BCUT2D eigenvalue weighted by molar-refractivity contribution is 0.0205. The summed E-state index contributed by atoms with van der Waals surface area (Å²) in [6, 6.07) is 12.0. The zero-order valence-electron chi connectivity index (χ0n) is 14.6. The van der Waals surface area contributed by atoms with Crippen LogP contribution < -0.4 is 5.32 Å². The maximum atomic E-state index is 10.3. The fourth-order valence-electron chi connectivity index (χ4n) is 3.16. The molecule has 1 aromatic carbocycles. The summed E-state index contributed by atoms with van der Waals surface area (Å²) in [5, 5.41) is 18.3. The summed E-state index contributed by atoms with van der Waals surface area (Å²) in [7, 11) is 0. The number of aliphatic hydroxyl groups is 1. The van der Waals surface area contributed by atoms with E-state index in [4.69, 9.17) is 4.74 Å². The Bertz CT molecular complexity index is 819. The van der Waals surface area contributed by atoms with Gasteiger partial charge >= 0.3 is 0 Å². The van der Waals surface area contributed by atoms with Gasteiger partial charge in [-0.1, -0.05) is 30.3 Å². The summed E-state index contributed by atoms with van der Waals surface area (Å²) in [6.45, 7) is 3.81. The molecule has 0 saturated heterocycles. The van der Waals surface area contributed by atoms with Crippen molar-refractivity contribution in [3.05, 3.63) is 60.0 Å². The topological polar surface area (TPSA) is 77.1 Å². The molecule has 3 aromatic rings. The third-order valence-electron chi connectivity index (χ3n) is 4.44. The lowest BCUT2D eigenvalue weighted by atomic mass is 10.2. The summed E-state index contributed by atoms with van der Waals surface area (Å²) >= 11 is 0. The highest BCUT2D eigenvalue weighted by Gasteiger charge is 2.17. The third-order valence-corrected chi connectivity index (χ3v) is 4.44. The number of aromatic nitrogens is 4. The Labute approximate surface area is 152 Å². The highest BCUT2D eigenvalue weighted by molar-refractivity contribution is 5.50. The van der Waals surface area contributed by atoms with E-state index in [0.29, 0.717) is 13.2 Å². The van der Waals surface area contributed by atoms with Gasteiger partial charge in [-0.3, -0.25) is 4.68 Å². The number of nitrogens with zero attached hydrogens (tertiary/aromatic N) is 4. The molecule has 7 heteroatoms. The van der Waals surface area contributed by atoms with Crippen molar-refractivity contribution in [1.29, 1.82) is 0 Å².